The lowest BCUT2D eigenvalue weighted by Gasteiger charge is -2.57. The quantitative estimate of drug-likeness (QED) is 0.696. The summed E-state index contributed by atoms with van der Waals surface area (Å²) in [6, 6.07) is 7.97. The SMILES string of the molecule is CC(=O)NCCc1ccc(C(=O)[C@H](C)SC23CC4CC(CC(C4)C2)C3)cc1. The fourth-order valence-corrected chi connectivity index (χ4v) is 8.05. The van der Waals surface area contributed by atoms with Gasteiger partial charge in [-0.25, -0.2) is 0 Å². The Hall–Kier alpha value is -1.29. The maximum atomic E-state index is 13.0. The van der Waals surface area contributed by atoms with Gasteiger partial charge in [-0.2, -0.15) is 0 Å². The fraction of sp³-hybridized carbons (Fsp3) is 0.652. The Morgan fingerprint density at radius 3 is 2.15 bits per heavy atom. The number of thioether (sulfide) groups is 1. The van der Waals surface area contributed by atoms with Crippen LogP contribution in [0.3, 0.4) is 0 Å². The number of benzene rings is 1. The van der Waals surface area contributed by atoms with Crippen molar-refractivity contribution in [2.75, 3.05) is 6.54 Å². The lowest BCUT2D eigenvalue weighted by Crippen LogP contribution is -2.49. The highest BCUT2D eigenvalue weighted by Gasteiger charge is 2.52. The summed E-state index contributed by atoms with van der Waals surface area (Å²) in [4.78, 5) is 24.0. The minimum absolute atomic E-state index is 0.00248. The van der Waals surface area contributed by atoms with Gasteiger partial charge in [0.25, 0.3) is 0 Å². The summed E-state index contributed by atoms with van der Waals surface area (Å²) in [6.45, 7) is 4.28. The van der Waals surface area contributed by atoms with E-state index in [1.807, 2.05) is 36.0 Å². The first-order chi connectivity index (χ1) is 12.9. The normalized spacial score (nSPS) is 32.3. The van der Waals surface area contributed by atoms with Crippen molar-refractivity contribution in [2.24, 2.45) is 17.8 Å². The van der Waals surface area contributed by atoms with E-state index >= 15 is 0 Å². The molecule has 4 aliphatic rings. The molecule has 27 heavy (non-hydrogen) atoms. The van der Waals surface area contributed by atoms with Crippen molar-refractivity contribution in [2.45, 2.75) is 68.8 Å². The first-order valence-corrected chi connectivity index (χ1v) is 11.4. The molecule has 1 atom stereocenters. The second kappa shape index (κ2) is 7.62. The van der Waals surface area contributed by atoms with Gasteiger partial charge >= 0.3 is 0 Å². The smallest absolute Gasteiger partial charge is 0.216 e. The second-order valence-corrected chi connectivity index (χ2v) is 11.0. The molecule has 4 aliphatic carbocycles. The minimum atomic E-state index is -0.00248. The molecule has 0 aromatic heterocycles. The van der Waals surface area contributed by atoms with Crippen LogP contribution in [0.2, 0.25) is 0 Å². The second-order valence-electron chi connectivity index (χ2n) is 9.15. The maximum Gasteiger partial charge on any atom is 0.216 e. The van der Waals surface area contributed by atoms with Crippen LogP contribution in [0.4, 0.5) is 0 Å². The van der Waals surface area contributed by atoms with Gasteiger partial charge in [-0.3, -0.25) is 9.59 Å². The Morgan fingerprint density at radius 1 is 1.07 bits per heavy atom. The van der Waals surface area contributed by atoms with Crippen molar-refractivity contribution >= 4 is 23.5 Å². The van der Waals surface area contributed by atoms with Crippen LogP contribution in [0.25, 0.3) is 0 Å². The average molecular weight is 386 g/mol. The van der Waals surface area contributed by atoms with Gasteiger partial charge in [-0.15, -0.1) is 11.8 Å². The third kappa shape index (κ3) is 4.26. The van der Waals surface area contributed by atoms with Crippen molar-refractivity contribution < 1.29 is 9.59 Å². The molecule has 4 fully saturated rings. The van der Waals surface area contributed by atoms with Gasteiger partial charge in [-0.05, 0) is 75.2 Å². The summed E-state index contributed by atoms with van der Waals surface area (Å²) in [5.41, 5.74) is 1.98. The highest BCUT2D eigenvalue weighted by Crippen LogP contribution is 2.61. The molecule has 1 aromatic rings. The molecule has 4 bridgehead atoms. The first kappa shape index (κ1) is 19.0. The van der Waals surface area contributed by atoms with Gasteiger partial charge in [-0.1, -0.05) is 24.3 Å². The van der Waals surface area contributed by atoms with Crippen LogP contribution in [0, 0.1) is 17.8 Å². The van der Waals surface area contributed by atoms with E-state index in [-0.39, 0.29) is 16.9 Å². The number of carbonyl (C=O) groups excluding carboxylic acids is 2. The Labute approximate surface area is 167 Å². The van der Waals surface area contributed by atoms with E-state index in [0.717, 1.165) is 35.3 Å². The predicted molar refractivity (Wildman–Crippen MR) is 111 cm³/mol. The molecule has 0 unspecified atom stereocenters. The van der Waals surface area contributed by atoms with Crippen LogP contribution in [-0.2, 0) is 11.2 Å². The van der Waals surface area contributed by atoms with E-state index in [1.165, 1.54) is 45.4 Å². The van der Waals surface area contributed by atoms with Crippen molar-refractivity contribution in [3.8, 4) is 0 Å². The van der Waals surface area contributed by atoms with E-state index in [1.54, 1.807) is 0 Å². The number of ketones is 1. The van der Waals surface area contributed by atoms with Crippen LogP contribution in [0.1, 0.15) is 68.3 Å². The number of nitrogens with one attached hydrogen (secondary N) is 1. The third-order valence-electron chi connectivity index (χ3n) is 6.80. The number of rotatable bonds is 7. The van der Waals surface area contributed by atoms with Crippen LogP contribution < -0.4 is 5.32 Å². The highest BCUT2D eigenvalue weighted by molar-refractivity contribution is 8.02. The largest absolute Gasteiger partial charge is 0.356 e. The molecule has 1 N–H and O–H groups in total. The molecule has 0 spiro atoms. The van der Waals surface area contributed by atoms with E-state index < -0.39 is 0 Å². The third-order valence-corrected chi connectivity index (χ3v) is 8.37. The topological polar surface area (TPSA) is 46.2 Å². The molecule has 1 aromatic carbocycles. The zero-order valence-corrected chi connectivity index (χ0v) is 17.3. The average Bonchev–Trinajstić information content (AvgIpc) is 2.60. The fourth-order valence-electron chi connectivity index (χ4n) is 6.06. The molecular weight excluding hydrogens is 354 g/mol. The lowest BCUT2D eigenvalue weighted by atomic mass is 9.56. The Balaban J connectivity index is 1.36. The summed E-state index contributed by atoms with van der Waals surface area (Å²) in [7, 11) is 0. The molecule has 4 saturated carbocycles. The zero-order chi connectivity index (χ0) is 19.0. The number of amides is 1. The number of hydrogen-bond acceptors (Lipinski definition) is 3. The van der Waals surface area contributed by atoms with Crippen LogP contribution >= 0.6 is 11.8 Å². The van der Waals surface area contributed by atoms with Crippen LogP contribution in [0.15, 0.2) is 24.3 Å². The standard InChI is InChI=1S/C23H31NO2S/c1-15(27-23-12-18-9-19(13-23)11-20(10-18)14-23)22(26)21-5-3-17(4-6-21)7-8-24-16(2)25/h3-6,15,18-20H,7-14H2,1-2H3,(H,24,25)/t15-,18?,19?,20?,23?/m0/s1. The molecule has 4 heteroatoms. The predicted octanol–water partition coefficient (Wildman–Crippen LogP) is 4.64. The van der Waals surface area contributed by atoms with Crippen molar-refractivity contribution in [1.82, 2.24) is 5.32 Å². The van der Waals surface area contributed by atoms with Gasteiger partial charge in [0, 0.05) is 23.8 Å². The van der Waals surface area contributed by atoms with E-state index in [0.29, 0.717) is 11.3 Å². The summed E-state index contributed by atoms with van der Waals surface area (Å²) in [6.07, 6.45) is 9.15. The molecule has 3 nitrogen and oxygen atoms in total. The molecule has 0 aliphatic heterocycles. The minimum Gasteiger partial charge on any atom is -0.356 e. The summed E-state index contributed by atoms with van der Waals surface area (Å²) < 4.78 is 0.377. The summed E-state index contributed by atoms with van der Waals surface area (Å²) in [5.74, 6) is 3.04. The van der Waals surface area contributed by atoms with Crippen LogP contribution in [0.5, 0.6) is 0 Å². The van der Waals surface area contributed by atoms with E-state index in [9.17, 15) is 9.59 Å². The Kier molecular flexibility index (Phi) is 5.37. The Bertz CT molecular complexity index is 676. The lowest BCUT2D eigenvalue weighted by molar-refractivity contribution is -0.118. The molecule has 0 heterocycles. The number of hydrogen-bond donors (Lipinski definition) is 1. The molecule has 0 radical (unpaired) electrons. The van der Waals surface area contributed by atoms with Crippen LogP contribution in [-0.4, -0.2) is 28.2 Å². The van der Waals surface area contributed by atoms with Gasteiger partial charge in [0.15, 0.2) is 5.78 Å². The number of carbonyl (C=O) groups is 2. The molecule has 146 valence electrons. The summed E-state index contributed by atoms with van der Waals surface area (Å²) >= 11 is 1.98. The van der Waals surface area contributed by atoms with Crippen molar-refractivity contribution in [3.05, 3.63) is 35.4 Å². The molecule has 1 amide bonds. The van der Waals surface area contributed by atoms with Gasteiger partial charge in [0.1, 0.15) is 0 Å². The zero-order valence-electron chi connectivity index (χ0n) is 16.5. The van der Waals surface area contributed by atoms with Gasteiger partial charge in [0.2, 0.25) is 5.91 Å². The number of Topliss-reactive ketones (excluding diaryl/α,β-unsaturated/α-hetero) is 1. The molecule has 0 saturated heterocycles. The first-order valence-electron chi connectivity index (χ1n) is 10.5. The van der Waals surface area contributed by atoms with Gasteiger partial charge < -0.3 is 5.32 Å². The molecule has 5 rings (SSSR count). The molecular formula is C23H31NO2S. The van der Waals surface area contributed by atoms with E-state index in [2.05, 4.69) is 12.2 Å². The maximum absolute atomic E-state index is 13.0. The highest BCUT2D eigenvalue weighted by atomic mass is 32.2. The Morgan fingerprint density at radius 2 is 1.63 bits per heavy atom. The van der Waals surface area contributed by atoms with Crippen molar-refractivity contribution in [3.63, 3.8) is 0 Å². The monoisotopic (exact) mass is 385 g/mol. The van der Waals surface area contributed by atoms with E-state index in [4.69, 9.17) is 0 Å². The summed E-state index contributed by atoms with van der Waals surface area (Å²) in [5, 5.41) is 2.85. The van der Waals surface area contributed by atoms with Gasteiger partial charge in [0.05, 0.1) is 5.25 Å². The van der Waals surface area contributed by atoms with Crippen molar-refractivity contribution in [1.29, 1.82) is 0 Å².